The van der Waals surface area contributed by atoms with Gasteiger partial charge in [-0.05, 0) is 13.8 Å². The summed E-state index contributed by atoms with van der Waals surface area (Å²) < 4.78 is 4.78. The average molecular weight is 258 g/mol. The van der Waals surface area contributed by atoms with Gasteiger partial charge in [0.1, 0.15) is 12.2 Å². The van der Waals surface area contributed by atoms with E-state index in [1.54, 1.807) is 6.92 Å². The molecule has 0 heterocycles. The van der Waals surface area contributed by atoms with Gasteiger partial charge in [0.2, 0.25) is 0 Å². The van der Waals surface area contributed by atoms with Gasteiger partial charge in [0.05, 0.1) is 26.4 Å². The lowest BCUT2D eigenvalue weighted by Crippen LogP contribution is -2.19. The highest BCUT2D eigenvalue weighted by Gasteiger charge is 1.98. The Morgan fingerprint density at radius 3 is 1.35 bits per heavy atom. The van der Waals surface area contributed by atoms with E-state index >= 15 is 0 Å². The smallest absolute Gasteiger partial charge is 0.100 e. The quantitative estimate of drug-likeness (QED) is 0.316. The molecule has 108 valence electrons. The molecule has 7 heteroatoms. The van der Waals surface area contributed by atoms with Crippen LogP contribution in [0.3, 0.4) is 0 Å². The Balaban J connectivity index is -0.000000193. The molecule has 0 amide bonds. The van der Waals surface area contributed by atoms with Crippen molar-refractivity contribution in [1.29, 1.82) is 0 Å². The van der Waals surface area contributed by atoms with Crippen LogP contribution in [-0.2, 0) is 4.74 Å². The maximum absolute atomic E-state index is 8.61. The van der Waals surface area contributed by atoms with Crippen LogP contribution in [-0.4, -0.2) is 82.5 Å². The van der Waals surface area contributed by atoms with Gasteiger partial charge in [-0.15, -0.1) is 0 Å². The zero-order valence-electron chi connectivity index (χ0n) is 10.5. The largest absolute Gasteiger partial charge is 0.397 e. The summed E-state index contributed by atoms with van der Waals surface area (Å²) in [6.45, 7) is 3.63. The van der Waals surface area contributed by atoms with Gasteiger partial charge >= 0.3 is 0 Å². The summed E-state index contributed by atoms with van der Waals surface area (Å²) in [6, 6.07) is 0. The lowest BCUT2D eigenvalue weighted by Gasteiger charge is -2.04. The molecule has 0 bridgehead atoms. The maximum Gasteiger partial charge on any atom is 0.100 e. The molecule has 0 saturated carbocycles. The second-order valence-electron chi connectivity index (χ2n) is 2.83. The minimum absolute atomic E-state index is 0.222. The van der Waals surface area contributed by atoms with Crippen LogP contribution in [0.25, 0.3) is 0 Å². The minimum atomic E-state index is -0.954. The Hall–Kier alpha value is -0.280. The Kier molecular flexibility index (Phi) is 27.2. The van der Waals surface area contributed by atoms with Crippen molar-refractivity contribution in [1.82, 2.24) is 0 Å². The summed E-state index contributed by atoms with van der Waals surface area (Å²) in [7, 11) is 0. The summed E-state index contributed by atoms with van der Waals surface area (Å²) >= 11 is 0. The number of rotatable bonds is 6. The topological polar surface area (TPSA) is 131 Å². The first-order valence-electron chi connectivity index (χ1n) is 5.41. The second-order valence-corrected chi connectivity index (χ2v) is 2.83. The molecule has 0 aliphatic carbocycles. The first-order chi connectivity index (χ1) is 8.03. The van der Waals surface area contributed by atoms with E-state index in [0.717, 1.165) is 0 Å². The van der Waals surface area contributed by atoms with Crippen LogP contribution < -0.4 is 0 Å². The molecule has 0 aliphatic rings. The Morgan fingerprint density at radius 2 is 1.18 bits per heavy atom. The first-order valence-corrected chi connectivity index (χ1v) is 5.41. The fraction of sp³-hybridized carbons (Fsp3) is 1.00. The van der Waals surface area contributed by atoms with Gasteiger partial charge in [-0.3, -0.25) is 0 Å². The summed E-state index contributed by atoms with van der Waals surface area (Å²) in [6.07, 6.45) is -1.67. The van der Waals surface area contributed by atoms with E-state index in [0.29, 0.717) is 6.61 Å². The molecular formula is C10H26O7. The number of hydrogen-bond acceptors (Lipinski definition) is 7. The van der Waals surface area contributed by atoms with Gasteiger partial charge in [0, 0.05) is 13.2 Å². The highest BCUT2D eigenvalue weighted by atomic mass is 16.5. The number of ether oxygens (including phenoxy) is 1. The molecule has 0 aromatic carbocycles. The van der Waals surface area contributed by atoms with Gasteiger partial charge in [0.25, 0.3) is 0 Å². The van der Waals surface area contributed by atoms with E-state index in [1.807, 2.05) is 6.92 Å². The van der Waals surface area contributed by atoms with Crippen LogP contribution >= 0.6 is 0 Å². The molecule has 1 unspecified atom stereocenters. The SMILES string of the molecule is CCO.CCOCC(O)CO.OCC(O)CO. The highest BCUT2D eigenvalue weighted by Crippen LogP contribution is 1.81. The standard InChI is InChI=1S/C5H12O3.C3H8O3.C2H6O/c1-2-8-4-5(7)3-6;4-1-3(6)2-5;1-2-3/h5-7H,2-4H2,1H3;3-6H,1-2H2;3H,2H2,1H3. The predicted molar refractivity (Wildman–Crippen MR) is 62.5 cm³/mol. The summed E-state index contributed by atoms with van der Waals surface area (Å²) in [5, 5.41) is 48.4. The van der Waals surface area contributed by atoms with Crippen molar-refractivity contribution in [2.24, 2.45) is 0 Å². The predicted octanol–water partition coefficient (Wildman–Crippen LogP) is -2.29. The zero-order chi connectivity index (χ0) is 14.1. The first kappa shape index (κ1) is 21.9. The fourth-order valence-corrected chi connectivity index (χ4v) is 0.364. The molecule has 7 nitrogen and oxygen atoms in total. The fourth-order valence-electron chi connectivity index (χ4n) is 0.364. The van der Waals surface area contributed by atoms with Crippen molar-refractivity contribution in [2.45, 2.75) is 26.1 Å². The summed E-state index contributed by atoms with van der Waals surface area (Å²) in [5.41, 5.74) is 0. The molecule has 0 spiro atoms. The Bertz CT molecular complexity index is 109. The van der Waals surface area contributed by atoms with Crippen LogP contribution in [0.4, 0.5) is 0 Å². The average Bonchev–Trinajstić information content (AvgIpc) is 2.36. The molecule has 17 heavy (non-hydrogen) atoms. The zero-order valence-corrected chi connectivity index (χ0v) is 10.5. The van der Waals surface area contributed by atoms with E-state index in [4.69, 9.17) is 35.4 Å². The van der Waals surface area contributed by atoms with Crippen LogP contribution in [0.15, 0.2) is 0 Å². The number of aliphatic hydroxyl groups excluding tert-OH is 6. The lowest BCUT2D eigenvalue weighted by atomic mass is 10.4. The molecule has 0 aliphatic heterocycles. The van der Waals surface area contributed by atoms with E-state index in [9.17, 15) is 0 Å². The van der Waals surface area contributed by atoms with Crippen LogP contribution in [0.2, 0.25) is 0 Å². The third-order valence-electron chi connectivity index (χ3n) is 1.15. The summed E-state index contributed by atoms with van der Waals surface area (Å²) in [5.74, 6) is 0. The van der Waals surface area contributed by atoms with Crippen molar-refractivity contribution >= 4 is 0 Å². The normalized spacial score (nSPS) is 11.1. The lowest BCUT2D eigenvalue weighted by molar-refractivity contribution is 0.0104. The summed E-state index contributed by atoms with van der Waals surface area (Å²) in [4.78, 5) is 0. The minimum Gasteiger partial charge on any atom is -0.397 e. The molecule has 0 fully saturated rings. The van der Waals surface area contributed by atoms with Gasteiger partial charge < -0.3 is 35.4 Å². The van der Waals surface area contributed by atoms with Crippen molar-refractivity contribution in [3.05, 3.63) is 0 Å². The van der Waals surface area contributed by atoms with Crippen molar-refractivity contribution in [3.8, 4) is 0 Å². The molecule has 6 N–H and O–H groups in total. The third-order valence-corrected chi connectivity index (χ3v) is 1.15. The molecule has 0 rings (SSSR count). The van der Waals surface area contributed by atoms with E-state index < -0.39 is 12.2 Å². The van der Waals surface area contributed by atoms with Gasteiger partial charge in [-0.2, -0.15) is 0 Å². The second kappa shape index (κ2) is 21.1. The molecule has 1 atom stereocenters. The molecular weight excluding hydrogens is 232 g/mol. The van der Waals surface area contributed by atoms with Crippen LogP contribution in [0, 0.1) is 0 Å². The van der Waals surface area contributed by atoms with Crippen molar-refractivity contribution in [3.63, 3.8) is 0 Å². The Morgan fingerprint density at radius 1 is 0.824 bits per heavy atom. The van der Waals surface area contributed by atoms with Crippen LogP contribution in [0.1, 0.15) is 13.8 Å². The van der Waals surface area contributed by atoms with Crippen molar-refractivity contribution in [2.75, 3.05) is 39.6 Å². The van der Waals surface area contributed by atoms with E-state index in [-0.39, 0.29) is 33.0 Å². The van der Waals surface area contributed by atoms with Crippen LogP contribution in [0.5, 0.6) is 0 Å². The Labute approximate surface area is 102 Å². The molecule has 0 aromatic rings. The van der Waals surface area contributed by atoms with Crippen molar-refractivity contribution < 1.29 is 35.4 Å². The third kappa shape index (κ3) is 31.3. The monoisotopic (exact) mass is 258 g/mol. The molecule has 0 saturated heterocycles. The number of hydrogen-bond donors (Lipinski definition) is 6. The van der Waals surface area contributed by atoms with Gasteiger partial charge in [-0.25, -0.2) is 0 Å². The van der Waals surface area contributed by atoms with E-state index in [1.165, 1.54) is 0 Å². The highest BCUT2D eigenvalue weighted by molar-refractivity contribution is 4.47. The van der Waals surface area contributed by atoms with E-state index in [2.05, 4.69) is 0 Å². The maximum atomic E-state index is 8.61. The number of aliphatic hydroxyl groups is 6. The molecule has 0 aromatic heterocycles. The van der Waals surface area contributed by atoms with Gasteiger partial charge in [-0.1, -0.05) is 0 Å². The molecule has 0 radical (unpaired) electrons. The van der Waals surface area contributed by atoms with Gasteiger partial charge in [0.15, 0.2) is 0 Å².